The Hall–Kier alpha value is -1.13. The lowest BCUT2D eigenvalue weighted by molar-refractivity contribution is 1.05. The molecule has 0 amide bonds. The number of anilines is 1. The Morgan fingerprint density at radius 2 is 2.19 bits per heavy atom. The molecule has 2 aromatic rings. The number of hydrogen-bond donors (Lipinski definition) is 2. The summed E-state index contributed by atoms with van der Waals surface area (Å²) in [5, 5.41) is 1.06. The summed E-state index contributed by atoms with van der Waals surface area (Å²) in [5.41, 5.74) is 6.85. The lowest BCUT2D eigenvalue weighted by Gasteiger charge is -2.10. The highest BCUT2D eigenvalue weighted by molar-refractivity contribution is 9.10. The van der Waals surface area contributed by atoms with Crippen LogP contribution in [0.15, 0.2) is 22.7 Å². The highest BCUT2D eigenvalue weighted by Crippen LogP contribution is 2.29. The van der Waals surface area contributed by atoms with Gasteiger partial charge in [-0.15, -0.1) is 0 Å². The SMILES string of the molecule is CCc1cc(NN)c2ccc(Br)c(C)c2n1. The molecule has 0 aliphatic carbocycles. The third-order valence-electron chi connectivity index (χ3n) is 2.74. The smallest absolute Gasteiger partial charge is 0.0766 e. The van der Waals surface area contributed by atoms with E-state index in [0.29, 0.717) is 0 Å². The standard InChI is InChI=1S/C12H14BrN3/c1-3-8-6-11(16-14)9-4-5-10(13)7(2)12(9)15-8/h4-6H,3,14H2,1-2H3,(H,15,16). The van der Waals surface area contributed by atoms with E-state index in [4.69, 9.17) is 5.84 Å². The van der Waals surface area contributed by atoms with Crippen LogP contribution < -0.4 is 11.3 Å². The minimum atomic E-state index is 0.899. The van der Waals surface area contributed by atoms with E-state index in [1.165, 1.54) is 0 Å². The summed E-state index contributed by atoms with van der Waals surface area (Å²) in [5.74, 6) is 5.54. The van der Waals surface area contributed by atoms with E-state index < -0.39 is 0 Å². The van der Waals surface area contributed by atoms with Gasteiger partial charge in [-0.05, 0) is 37.1 Å². The van der Waals surface area contributed by atoms with Crippen molar-refractivity contribution in [1.29, 1.82) is 0 Å². The highest BCUT2D eigenvalue weighted by atomic mass is 79.9. The number of hydrazine groups is 1. The number of nitrogens with one attached hydrogen (secondary N) is 1. The topological polar surface area (TPSA) is 50.9 Å². The van der Waals surface area contributed by atoms with Crippen LogP contribution in [-0.4, -0.2) is 4.98 Å². The number of rotatable bonds is 2. The third kappa shape index (κ3) is 1.79. The highest BCUT2D eigenvalue weighted by Gasteiger charge is 2.08. The minimum absolute atomic E-state index is 0.899. The van der Waals surface area contributed by atoms with Crippen LogP contribution in [0.5, 0.6) is 0 Å². The largest absolute Gasteiger partial charge is 0.323 e. The maximum atomic E-state index is 5.54. The van der Waals surface area contributed by atoms with Gasteiger partial charge in [0.15, 0.2) is 0 Å². The summed E-state index contributed by atoms with van der Waals surface area (Å²) in [6.45, 7) is 4.14. The molecule has 0 radical (unpaired) electrons. The van der Waals surface area contributed by atoms with Crippen molar-refractivity contribution in [3.05, 3.63) is 33.9 Å². The first-order valence-electron chi connectivity index (χ1n) is 5.22. The van der Waals surface area contributed by atoms with Crippen molar-refractivity contribution in [2.24, 2.45) is 5.84 Å². The number of aryl methyl sites for hydroxylation is 2. The summed E-state index contributed by atoms with van der Waals surface area (Å²) < 4.78 is 1.07. The molecule has 0 saturated carbocycles. The van der Waals surface area contributed by atoms with E-state index >= 15 is 0 Å². The zero-order valence-electron chi connectivity index (χ0n) is 9.34. The van der Waals surface area contributed by atoms with Crippen LogP contribution in [0.1, 0.15) is 18.2 Å². The van der Waals surface area contributed by atoms with E-state index in [0.717, 1.165) is 38.7 Å². The Labute approximate surface area is 103 Å². The third-order valence-corrected chi connectivity index (χ3v) is 3.60. The predicted octanol–water partition coefficient (Wildman–Crippen LogP) is 3.15. The fraction of sp³-hybridized carbons (Fsp3) is 0.250. The quantitative estimate of drug-likeness (QED) is 0.656. The number of nitrogens with zero attached hydrogens (tertiary/aromatic N) is 1. The number of fused-ring (bicyclic) bond motifs is 1. The summed E-state index contributed by atoms with van der Waals surface area (Å²) >= 11 is 3.52. The van der Waals surface area contributed by atoms with Gasteiger partial charge in [-0.1, -0.05) is 22.9 Å². The Bertz CT molecular complexity index is 537. The van der Waals surface area contributed by atoms with Crippen molar-refractivity contribution < 1.29 is 0 Å². The second-order valence-corrected chi connectivity index (χ2v) is 4.58. The van der Waals surface area contributed by atoms with Crippen molar-refractivity contribution in [2.75, 3.05) is 5.43 Å². The molecule has 2 rings (SSSR count). The van der Waals surface area contributed by atoms with Gasteiger partial charge in [0, 0.05) is 15.6 Å². The van der Waals surface area contributed by atoms with Gasteiger partial charge in [0.25, 0.3) is 0 Å². The monoisotopic (exact) mass is 279 g/mol. The van der Waals surface area contributed by atoms with Crippen LogP contribution in [-0.2, 0) is 6.42 Å². The summed E-state index contributed by atoms with van der Waals surface area (Å²) in [7, 11) is 0. The molecule has 1 aromatic heterocycles. The zero-order chi connectivity index (χ0) is 11.7. The van der Waals surface area contributed by atoms with Gasteiger partial charge < -0.3 is 5.43 Å². The Morgan fingerprint density at radius 1 is 1.44 bits per heavy atom. The molecular formula is C12H14BrN3. The first-order chi connectivity index (χ1) is 7.67. The van der Waals surface area contributed by atoms with Crippen molar-refractivity contribution in [2.45, 2.75) is 20.3 Å². The molecule has 3 N–H and O–H groups in total. The van der Waals surface area contributed by atoms with Crippen LogP contribution in [0, 0.1) is 6.92 Å². The van der Waals surface area contributed by atoms with E-state index in [1.807, 2.05) is 18.2 Å². The molecule has 0 aliphatic heterocycles. The predicted molar refractivity (Wildman–Crippen MR) is 71.4 cm³/mol. The van der Waals surface area contributed by atoms with Crippen LogP contribution in [0.3, 0.4) is 0 Å². The molecule has 84 valence electrons. The van der Waals surface area contributed by atoms with E-state index in [2.05, 4.69) is 40.2 Å². The first-order valence-corrected chi connectivity index (χ1v) is 6.02. The normalized spacial score (nSPS) is 10.8. The van der Waals surface area contributed by atoms with Gasteiger partial charge in [0.1, 0.15) is 0 Å². The number of nitrogen functional groups attached to an aromatic ring is 1. The van der Waals surface area contributed by atoms with Crippen molar-refractivity contribution in [1.82, 2.24) is 4.98 Å². The molecule has 0 unspecified atom stereocenters. The lowest BCUT2D eigenvalue weighted by Crippen LogP contribution is -2.08. The van der Waals surface area contributed by atoms with Gasteiger partial charge in [0.2, 0.25) is 0 Å². The number of nitrogens with two attached hydrogens (primary N) is 1. The molecule has 0 spiro atoms. The van der Waals surface area contributed by atoms with Crippen LogP contribution in [0.25, 0.3) is 10.9 Å². The second-order valence-electron chi connectivity index (χ2n) is 3.73. The summed E-state index contributed by atoms with van der Waals surface area (Å²) in [6, 6.07) is 6.04. The molecule has 1 heterocycles. The molecule has 4 heteroatoms. The molecule has 16 heavy (non-hydrogen) atoms. The Kier molecular flexibility index (Phi) is 3.12. The van der Waals surface area contributed by atoms with Gasteiger partial charge >= 0.3 is 0 Å². The minimum Gasteiger partial charge on any atom is -0.323 e. The molecule has 0 bridgehead atoms. The van der Waals surface area contributed by atoms with Crippen LogP contribution in [0.4, 0.5) is 5.69 Å². The molecule has 1 aromatic carbocycles. The van der Waals surface area contributed by atoms with E-state index in [-0.39, 0.29) is 0 Å². The maximum Gasteiger partial charge on any atom is 0.0766 e. The molecule has 3 nitrogen and oxygen atoms in total. The van der Waals surface area contributed by atoms with Crippen LogP contribution in [0.2, 0.25) is 0 Å². The molecule has 0 atom stereocenters. The Balaban J connectivity index is 2.84. The average molecular weight is 280 g/mol. The average Bonchev–Trinajstić information content (AvgIpc) is 2.32. The second kappa shape index (κ2) is 4.39. The van der Waals surface area contributed by atoms with Crippen molar-refractivity contribution >= 4 is 32.5 Å². The van der Waals surface area contributed by atoms with Crippen molar-refractivity contribution in [3.63, 3.8) is 0 Å². The van der Waals surface area contributed by atoms with E-state index in [1.54, 1.807) is 0 Å². The maximum absolute atomic E-state index is 5.54. The number of pyridine rings is 1. The summed E-state index contributed by atoms with van der Waals surface area (Å²) in [4.78, 5) is 4.64. The fourth-order valence-electron chi connectivity index (χ4n) is 1.76. The number of halogens is 1. The van der Waals surface area contributed by atoms with Gasteiger partial charge in [-0.2, -0.15) is 0 Å². The first kappa shape index (κ1) is 11.4. The fourth-order valence-corrected chi connectivity index (χ4v) is 2.08. The number of benzene rings is 1. The summed E-state index contributed by atoms with van der Waals surface area (Å²) in [6.07, 6.45) is 0.899. The zero-order valence-corrected chi connectivity index (χ0v) is 10.9. The van der Waals surface area contributed by atoms with Gasteiger partial charge in [-0.3, -0.25) is 10.8 Å². The van der Waals surface area contributed by atoms with E-state index in [9.17, 15) is 0 Å². The molecular weight excluding hydrogens is 266 g/mol. The Morgan fingerprint density at radius 3 is 2.81 bits per heavy atom. The number of hydrogen-bond acceptors (Lipinski definition) is 3. The van der Waals surface area contributed by atoms with Crippen LogP contribution >= 0.6 is 15.9 Å². The number of aromatic nitrogens is 1. The molecule has 0 fully saturated rings. The van der Waals surface area contributed by atoms with Gasteiger partial charge in [-0.25, -0.2) is 0 Å². The van der Waals surface area contributed by atoms with Crippen molar-refractivity contribution in [3.8, 4) is 0 Å². The molecule has 0 saturated heterocycles. The lowest BCUT2D eigenvalue weighted by atomic mass is 10.1. The molecule has 0 aliphatic rings. The van der Waals surface area contributed by atoms with Gasteiger partial charge in [0.05, 0.1) is 11.2 Å².